The summed E-state index contributed by atoms with van der Waals surface area (Å²) in [6, 6.07) is 10.8. The average molecular weight is 395 g/mol. The monoisotopic (exact) mass is 394 g/mol. The number of hydrogen-bond acceptors (Lipinski definition) is 4. The maximum absolute atomic E-state index is 12.3. The van der Waals surface area contributed by atoms with Crippen molar-refractivity contribution in [1.29, 1.82) is 0 Å². The van der Waals surface area contributed by atoms with Crippen LogP contribution < -0.4 is 14.8 Å². The highest BCUT2D eigenvalue weighted by atomic mass is 35.5. The number of rotatable bonds is 5. The normalized spacial score (nSPS) is 13.4. The van der Waals surface area contributed by atoms with E-state index in [1.807, 2.05) is 36.2 Å². The zero-order valence-electron chi connectivity index (χ0n) is 14.4. The van der Waals surface area contributed by atoms with Crippen LogP contribution in [0.3, 0.4) is 0 Å². The molecule has 0 aromatic heterocycles. The van der Waals surface area contributed by atoms with Gasteiger partial charge in [0.05, 0.1) is 19.8 Å². The third-order valence-electron chi connectivity index (χ3n) is 3.82. The van der Waals surface area contributed by atoms with Crippen molar-refractivity contribution in [2.24, 2.45) is 0 Å². The third-order valence-corrected chi connectivity index (χ3v) is 4.26. The standard InChI is InChI=1S/C19H20Cl2N2O3/c1-23(11-13-7-14(20)9-15(21)8-13)12-19(24)22-16-3-4-17-18(10-16)26-6-2-5-25-17/h3-4,7-10H,2,5-6,11-12H2,1H3,(H,22,24). The van der Waals surface area contributed by atoms with E-state index in [1.165, 1.54) is 0 Å². The topological polar surface area (TPSA) is 50.8 Å². The fourth-order valence-corrected chi connectivity index (χ4v) is 3.33. The van der Waals surface area contributed by atoms with Gasteiger partial charge in [0, 0.05) is 34.8 Å². The number of carbonyl (C=O) groups is 1. The first kappa shape index (κ1) is 18.8. The number of ether oxygens (including phenoxy) is 2. The summed E-state index contributed by atoms with van der Waals surface area (Å²) in [5.74, 6) is 1.24. The predicted octanol–water partition coefficient (Wildman–Crippen LogP) is 4.23. The summed E-state index contributed by atoms with van der Waals surface area (Å²) in [5.41, 5.74) is 1.63. The SMILES string of the molecule is CN(CC(=O)Nc1ccc2c(c1)OCCCO2)Cc1cc(Cl)cc(Cl)c1. The van der Waals surface area contributed by atoms with E-state index in [1.54, 1.807) is 12.1 Å². The number of carbonyl (C=O) groups excluding carboxylic acids is 1. The molecule has 0 saturated carbocycles. The number of amides is 1. The van der Waals surface area contributed by atoms with Crippen molar-refractivity contribution in [3.8, 4) is 11.5 Å². The van der Waals surface area contributed by atoms with E-state index in [4.69, 9.17) is 32.7 Å². The van der Waals surface area contributed by atoms with Crippen molar-refractivity contribution in [3.05, 3.63) is 52.0 Å². The van der Waals surface area contributed by atoms with Gasteiger partial charge in [0.2, 0.25) is 5.91 Å². The number of nitrogens with zero attached hydrogens (tertiary/aromatic N) is 1. The first-order valence-electron chi connectivity index (χ1n) is 8.32. The average Bonchev–Trinajstić information content (AvgIpc) is 2.78. The number of benzene rings is 2. The molecule has 1 aliphatic rings. The summed E-state index contributed by atoms with van der Waals surface area (Å²) in [6.07, 6.45) is 0.842. The highest BCUT2D eigenvalue weighted by Crippen LogP contribution is 2.32. The van der Waals surface area contributed by atoms with Crippen LogP contribution >= 0.6 is 23.2 Å². The Balaban J connectivity index is 1.57. The summed E-state index contributed by atoms with van der Waals surface area (Å²) in [6.45, 7) is 2.04. The Kier molecular flexibility index (Phi) is 6.25. The van der Waals surface area contributed by atoms with E-state index >= 15 is 0 Å². The maximum Gasteiger partial charge on any atom is 0.238 e. The number of fused-ring (bicyclic) bond motifs is 1. The van der Waals surface area contributed by atoms with Gasteiger partial charge in [-0.05, 0) is 42.9 Å². The second kappa shape index (κ2) is 8.62. The number of hydrogen-bond donors (Lipinski definition) is 1. The number of halogens is 2. The highest BCUT2D eigenvalue weighted by Gasteiger charge is 2.13. The molecule has 0 spiro atoms. The lowest BCUT2D eigenvalue weighted by Crippen LogP contribution is -2.29. The van der Waals surface area contributed by atoms with E-state index in [2.05, 4.69) is 5.32 Å². The van der Waals surface area contributed by atoms with Gasteiger partial charge in [-0.2, -0.15) is 0 Å². The van der Waals surface area contributed by atoms with Gasteiger partial charge in [0.15, 0.2) is 11.5 Å². The molecule has 5 nitrogen and oxygen atoms in total. The lowest BCUT2D eigenvalue weighted by atomic mass is 10.2. The molecule has 0 radical (unpaired) electrons. The van der Waals surface area contributed by atoms with Crippen molar-refractivity contribution in [2.45, 2.75) is 13.0 Å². The zero-order chi connectivity index (χ0) is 18.5. The summed E-state index contributed by atoms with van der Waals surface area (Å²) in [7, 11) is 1.86. The van der Waals surface area contributed by atoms with E-state index in [0.29, 0.717) is 47.0 Å². The molecule has 1 N–H and O–H groups in total. The van der Waals surface area contributed by atoms with Crippen molar-refractivity contribution < 1.29 is 14.3 Å². The van der Waals surface area contributed by atoms with Crippen LogP contribution in [-0.2, 0) is 11.3 Å². The minimum Gasteiger partial charge on any atom is -0.490 e. The van der Waals surface area contributed by atoms with E-state index in [0.717, 1.165) is 12.0 Å². The van der Waals surface area contributed by atoms with Crippen molar-refractivity contribution in [3.63, 3.8) is 0 Å². The smallest absolute Gasteiger partial charge is 0.238 e. The van der Waals surface area contributed by atoms with Crippen LogP contribution in [0.2, 0.25) is 10.0 Å². The Bertz CT molecular complexity index is 778. The molecule has 0 unspecified atom stereocenters. The minimum atomic E-state index is -0.116. The second-order valence-corrected chi connectivity index (χ2v) is 7.08. The number of anilines is 1. The lowest BCUT2D eigenvalue weighted by molar-refractivity contribution is -0.117. The molecule has 0 saturated heterocycles. The third kappa shape index (κ3) is 5.27. The first-order valence-corrected chi connectivity index (χ1v) is 9.08. The zero-order valence-corrected chi connectivity index (χ0v) is 15.9. The molecular weight excluding hydrogens is 375 g/mol. The van der Waals surface area contributed by atoms with Gasteiger partial charge in [-0.25, -0.2) is 0 Å². The van der Waals surface area contributed by atoms with Crippen molar-refractivity contribution >= 4 is 34.8 Å². The molecule has 2 aromatic carbocycles. The fourth-order valence-electron chi connectivity index (χ4n) is 2.76. The largest absolute Gasteiger partial charge is 0.490 e. The van der Waals surface area contributed by atoms with Crippen LogP contribution in [0, 0.1) is 0 Å². The Hall–Kier alpha value is -1.95. The molecule has 1 heterocycles. The molecule has 0 aliphatic carbocycles. The molecule has 0 fully saturated rings. The first-order chi connectivity index (χ1) is 12.5. The van der Waals surface area contributed by atoms with Crippen molar-refractivity contribution in [1.82, 2.24) is 4.90 Å². The Morgan fingerprint density at radius 1 is 1.08 bits per heavy atom. The van der Waals surface area contributed by atoms with Crippen LogP contribution in [0.1, 0.15) is 12.0 Å². The van der Waals surface area contributed by atoms with Crippen LogP contribution in [0.5, 0.6) is 11.5 Å². The Labute approximate surface area is 162 Å². The molecule has 7 heteroatoms. The summed E-state index contributed by atoms with van der Waals surface area (Å²) >= 11 is 12.0. The van der Waals surface area contributed by atoms with Gasteiger partial charge in [-0.1, -0.05) is 23.2 Å². The highest BCUT2D eigenvalue weighted by molar-refractivity contribution is 6.34. The number of nitrogens with one attached hydrogen (secondary N) is 1. The van der Waals surface area contributed by atoms with E-state index in [-0.39, 0.29) is 12.5 Å². The quantitative estimate of drug-likeness (QED) is 0.824. The molecule has 1 aliphatic heterocycles. The molecule has 0 atom stereocenters. The van der Waals surface area contributed by atoms with Gasteiger partial charge in [-0.3, -0.25) is 9.69 Å². The van der Waals surface area contributed by atoms with Gasteiger partial charge in [-0.15, -0.1) is 0 Å². The van der Waals surface area contributed by atoms with Gasteiger partial charge >= 0.3 is 0 Å². The van der Waals surface area contributed by atoms with E-state index < -0.39 is 0 Å². The maximum atomic E-state index is 12.3. The minimum absolute atomic E-state index is 0.116. The molecule has 138 valence electrons. The van der Waals surface area contributed by atoms with Crippen LogP contribution in [-0.4, -0.2) is 37.6 Å². The summed E-state index contributed by atoms with van der Waals surface area (Å²) in [5, 5.41) is 4.05. The fraction of sp³-hybridized carbons (Fsp3) is 0.316. The summed E-state index contributed by atoms with van der Waals surface area (Å²) in [4.78, 5) is 14.2. The second-order valence-electron chi connectivity index (χ2n) is 6.21. The molecule has 2 aromatic rings. The van der Waals surface area contributed by atoms with Crippen LogP contribution in [0.25, 0.3) is 0 Å². The molecule has 26 heavy (non-hydrogen) atoms. The molecule has 1 amide bonds. The number of likely N-dealkylation sites (N-methyl/N-ethyl adjacent to an activating group) is 1. The Morgan fingerprint density at radius 2 is 1.77 bits per heavy atom. The van der Waals surface area contributed by atoms with Gasteiger partial charge < -0.3 is 14.8 Å². The molecular formula is C19H20Cl2N2O3. The summed E-state index contributed by atoms with van der Waals surface area (Å²) < 4.78 is 11.2. The van der Waals surface area contributed by atoms with Crippen LogP contribution in [0.15, 0.2) is 36.4 Å². The molecule has 3 rings (SSSR count). The lowest BCUT2D eigenvalue weighted by Gasteiger charge is -2.17. The van der Waals surface area contributed by atoms with Gasteiger partial charge in [0.25, 0.3) is 0 Å². The van der Waals surface area contributed by atoms with Crippen LogP contribution in [0.4, 0.5) is 5.69 Å². The molecule has 0 bridgehead atoms. The van der Waals surface area contributed by atoms with E-state index in [9.17, 15) is 4.79 Å². The van der Waals surface area contributed by atoms with Crippen molar-refractivity contribution in [2.75, 3.05) is 32.1 Å². The van der Waals surface area contributed by atoms with Gasteiger partial charge in [0.1, 0.15) is 0 Å². The Morgan fingerprint density at radius 3 is 2.50 bits per heavy atom. The predicted molar refractivity (Wildman–Crippen MR) is 103 cm³/mol.